The summed E-state index contributed by atoms with van der Waals surface area (Å²) in [7, 11) is 0. The van der Waals surface area contributed by atoms with Gasteiger partial charge in [0.2, 0.25) is 6.33 Å². The van der Waals surface area contributed by atoms with Crippen LogP contribution in [0.15, 0.2) is 134 Å². The molecule has 152 valence electrons. The van der Waals surface area contributed by atoms with E-state index >= 15 is 0 Å². The van der Waals surface area contributed by atoms with Crippen molar-refractivity contribution in [3.63, 3.8) is 0 Å². The Morgan fingerprint density at radius 3 is 1.12 bits per heavy atom. The SMILES string of the molecule is c1ccc(-n2c[n+](-c3ccccc3)c3c2n(-c2ccccc2)c[n+]3-c2ccccc2)cc1. The molecule has 0 N–H and O–H groups in total. The van der Waals surface area contributed by atoms with Crippen LogP contribution < -0.4 is 9.13 Å². The van der Waals surface area contributed by atoms with Crippen molar-refractivity contribution in [2.45, 2.75) is 0 Å². The second-order valence-electron chi connectivity index (χ2n) is 7.70. The Labute approximate surface area is 186 Å². The molecular weight excluding hydrogens is 392 g/mol. The zero-order chi connectivity index (χ0) is 21.3. The first-order valence-electron chi connectivity index (χ1n) is 10.7. The topological polar surface area (TPSA) is 17.6 Å². The fourth-order valence-electron chi connectivity index (χ4n) is 4.22. The minimum absolute atomic E-state index is 1.09. The third-order valence-corrected chi connectivity index (χ3v) is 5.71. The van der Waals surface area contributed by atoms with Crippen LogP contribution >= 0.6 is 0 Å². The van der Waals surface area contributed by atoms with Crippen LogP contribution in [0.2, 0.25) is 0 Å². The first kappa shape index (κ1) is 18.3. The van der Waals surface area contributed by atoms with Crippen molar-refractivity contribution in [1.29, 1.82) is 0 Å². The molecule has 4 aromatic carbocycles. The summed E-state index contributed by atoms with van der Waals surface area (Å²) in [5.74, 6) is 0. The number of imidazole rings is 2. The summed E-state index contributed by atoms with van der Waals surface area (Å²) in [6, 6.07) is 42.0. The molecular formula is C28H22N4+2. The monoisotopic (exact) mass is 414 g/mol. The van der Waals surface area contributed by atoms with Gasteiger partial charge in [-0.15, -0.1) is 13.7 Å². The van der Waals surface area contributed by atoms with Gasteiger partial charge in [-0.05, 0) is 48.5 Å². The molecule has 6 aromatic rings. The molecule has 2 aromatic heterocycles. The van der Waals surface area contributed by atoms with Gasteiger partial charge in [-0.25, -0.2) is 4.57 Å². The first-order valence-corrected chi connectivity index (χ1v) is 10.7. The van der Waals surface area contributed by atoms with Gasteiger partial charge in [-0.2, -0.15) is 0 Å². The number of hydrogen-bond acceptors (Lipinski definition) is 0. The molecule has 0 unspecified atom stereocenters. The maximum Gasteiger partial charge on any atom is 0.428 e. The zero-order valence-electron chi connectivity index (χ0n) is 17.5. The van der Waals surface area contributed by atoms with Gasteiger partial charge < -0.3 is 0 Å². The normalized spacial score (nSPS) is 11.1. The molecule has 0 aliphatic rings. The highest BCUT2D eigenvalue weighted by molar-refractivity contribution is 5.68. The quantitative estimate of drug-likeness (QED) is 0.362. The Kier molecular flexibility index (Phi) is 4.40. The van der Waals surface area contributed by atoms with Gasteiger partial charge in [0.05, 0.1) is 5.69 Å². The number of fused-ring (bicyclic) bond motifs is 1. The van der Waals surface area contributed by atoms with Crippen LogP contribution in [0.25, 0.3) is 34.0 Å². The molecule has 0 bridgehead atoms. The van der Waals surface area contributed by atoms with Crippen molar-refractivity contribution < 1.29 is 9.13 Å². The van der Waals surface area contributed by atoms with E-state index in [1.54, 1.807) is 0 Å². The maximum absolute atomic E-state index is 2.26. The first-order chi connectivity index (χ1) is 15.9. The Morgan fingerprint density at radius 1 is 0.406 bits per heavy atom. The minimum Gasteiger partial charge on any atom is -0.227 e. The van der Waals surface area contributed by atoms with E-state index in [1.807, 2.05) is 0 Å². The average Bonchev–Trinajstić information content (AvgIpc) is 3.45. The molecule has 0 amide bonds. The number of aromatic nitrogens is 4. The van der Waals surface area contributed by atoms with E-state index in [9.17, 15) is 0 Å². The predicted molar refractivity (Wildman–Crippen MR) is 126 cm³/mol. The maximum atomic E-state index is 2.26. The fraction of sp³-hybridized carbons (Fsp3) is 0. The summed E-state index contributed by atoms with van der Waals surface area (Å²) in [5, 5.41) is 0. The molecule has 0 atom stereocenters. The van der Waals surface area contributed by atoms with Gasteiger partial charge in [-0.1, -0.05) is 72.8 Å². The van der Waals surface area contributed by atoms with Crippen molar-refractivity contribution in [2.75, 3.05) is 0 Å². The number of rotatable bonds is 4. The molecule has 0 aliphatic carbocycles. The van der Waals surface area contributed by atoms with Crippen molar-refractivity contribution >= 4 is 11.3 Å². The Balaban J connectivity index is 1.77. The molecule has 6 rings (SSSR count). The van der Waals surface area contributed by atoms with Crippen molar-refractivity contribution in [1.82, 2.24) is 9.13 Å². The average molecular weight is 415 g/mol. The second kappa shape index (κ2) is 7.67. The molecule has 4 nitrogen and oxygen atoms in total. The smallest absolute Gasteiger partial charge is 0.227 e. The Hall–Kier alpha value is -4.44. The van der Waals surface area contributed by atoms with Crippen LogP contribution in [0.1, 0.15) is 0 Å². The van der Waals surface area contributed by atoms with Crippen molar-refractivity contribution in [2.24, 2.45) is 0 Å². The highest BCUT2D eigenvalue weighted by Gasteiger charge is 2.35. The standard InChI is InChI=1S/C28H22N4/c1-5-13-23(14-6-1)29-21-30(24-15-7-2-8-16-24)28-27(29)31(25-17-9-3-10-18-25)22-32(28)26-19-11-4-12-20-26/h1-22H/q+2. The summed E-state index contributed by atoms with van der Waals surface area (Å²) >= 11 is 0. The summed E-state index contributed by atoms with van der Waals surface area (Å²) in [4.78, 5) is 0. The van der Waals surface area contributed by atoms with E-state index in [2.05, 4.69) is 152 Å². The number of benzene rings is 4. The lowest BCUT2D eigenvalue weighted by Crippen LogP contribution is -2.41. The lowest BCUT2D eigenvalue weighted by molar-refractivity contribution is -0.680. The third kappa shape index (κ3) is 3.01. The van der Waals surface area contributed by atoms with Gasteiger partial charge >= 0.3 is 17.6 Å². The van der Waals surface area contributed by atoms with E-state index in [0.29, 0.717) is 0 Å². The summed E-state index contributed by atoms with van der Waals surface area (Å²) in [6.07, 6.45) is 4.35. The van der Waals surface area contributed by atoms with E-state index in [1.165, 1.54) is 0 Å². The molecule has 0 saturated heterocycles. The lowest BCUT2D eigenvalue weighted by atomic mass is 10.3. The zero-order valence-corrected chi connectivity index (χ0v) is 17.5. The minimum atomic E-state index is 1.09. The summed E-state index contributed by atoms with van der Waals surface area (Å²) in [5.41, 5.74) is 6.64. The van der Waals surface area contributed by atoms with Gasteiger partial charge in [0.15, 0.2) is 17.1 Å². The van der Waals surface area contributed by atoms with E-state index in [4.69, 9.17) is 0 Å². The highest BCUT2D eigenvalue weighted by atomic mass is 15.3. The Bertz CT molecular complexity index is 1260. The second-order valence-corrected chi connectivity index (χ2v) is 7.70. The van der Waals surface area contributed by atoms with Gasteiger partial charge in [-0.3, -0.25) is 0 Å². The highest BCUT2D eigenvalue weighted by Crippen LogP contribution is 2.22. The van der Waals surface area contributed by atoms with Crippen LogP contribution in [-0.4, -0.2) is 9.13 Å². The van der Waals surface area contributed by atoms with Crippen LogP contribution in [0, 0.1) is 0 Å². The molecule has 2 heterocycles. The molecule has 4 heteroatoms. The summed E-state index contributed by atoms with van der Waals surface area (Å²) < 4.78 is 9.03. The molecule has 0 fully saturated rings. The molecule has 0 radical (unpaired) electrons. The lowest BCUT2D eigenvalue weighted by Gasteiger charge is -2.01. The molecule has 0 aliphatic heterocycles. The van der Waals surface area contributed by atoms with Crippen LogP contribution in [0.3, 0.4) is 0 Å². The number of hydrogen-bond donors (Lipinski definition) is 0. The molecule has 32 heavy (non-hydrogen) atoms. The molecule has 0 spiro atoms. The summed E-state index contributed by atoms with van der Waals surface area (Å²) in [6.45, 7) is 0. The predicted octanol–water partition coefficient (Wildman–Crippen LogP) is 4.97. The number of para-hydroxylation sites is 4. The van der Waals surface area contributed by atoms with Crippen LogP contribution in [0.5, 0.6) is 0 Å². The van der Waals surface area contributed by atoms with E-state index in [-0.39, 0.29) is 0 Å². The number of nitrogens with zero attached hydrogens (tertiary/aromatic N) is 4. The van der Waals surface area contributed by atoms with E-state index in [0.717, 1.165) is 34.0 Å². The van der Waals surface area contributed by atoms with Gasteiger partial charge in [0, 0.05) is 0 Å². The van der Waals surface area contributed by atoms with Crippen LogP contribution in [0.4, 0.5) is 0 Å². The Morgan fingerprint density at radius 2 is 0.750 bits per heavy atom. The van der Waals surface area contributed by atoms with Crippen molar-refractivity contribution in [3.8, 4) is 22.7 Å². The van der Waals surface area contributed by atoms with E-state index < -0.39 is 0 Å². The van der Waals surface area contributed by atoms with Crippen LogP contribution in [-0.2, 0) is 0 Å². The van der Waals surface area contributed by atoms with Crippen molar-refractivity contribution in [3.05, 3.63) is 134 Å². The van der Waals surface area contributed by atoms with Gasteiger partial charge in [0.25, 0.3) is 0 Å². The molecule has 0 saturated carbocycles. The third-order valence-electron chi connectivity index (χ3n) is 5.71. The van der Waals surface area contributed by atoms with Gasteiger partial charge in [0.1, 0.15) is 0 Å². The largest absolute Gasteiger partial charge is 0.428 e. The fourth-order valence-corrected chi connectivity index (χ4v) is 4.22.